The van der Waals surface area contributed by atoms with Crippen molar-refractivity contribution in [3.63, 3.8) is 0 Å². The average molecular weight is 1000 g/mol. The van der Waals surface area contributed by atoms with Gasteiger partial charge in [0.25, 0.3) is 10.0 Å². The average Bonchev–Trinajstić information content (AvgIpc) is 4.10. The Balaban J connectivity index is 0.000000185. The number of sulfonamides is 2. The normalized spacial score (nSPS) is 13.2. The van der Waals surface area contributed by atoms with Crippen molar-refractivity contribution in [2.24, 2.45) is 5.14 Å². The van der Waals surface area contributed by atoms with Gasteiger partial charge < -0.3 is 10.2 Å². The maximum Gasteiger partial charge on any atom is 0.273 e. The maximum atomic E-state index is 12.9. The number of hydrogen-bond donors (Lipinski definition) is 4. The lowest BCUT2D eigenvalue weighted by molar-refractivity contribution is -0.118. The van der Waals surface area contributed by atoms with Crippen molar-refractivity contribution in [3.8, 4) is 34.4 Å². The molecular formula is C48H47ClN6O8S4. The first-order valence-electron chi connectivity index (χ1n) is 20.9. The van der Waals surface area contributed by atoms with Crippen LogP contribution in [0.5, 0.6) is 0 Å². The van der Waals surface area contributed by atoms with Crippen molar-refractivity contribution in [3.05, 3.63) is 140 Å². The van der Waals surface area contributed by atoms with Gasteiger partial charge in [-0.05, 0) is 192 Å². The molecule has 0 saturated heterocycles. The highest BCUT2D eigenvalue weighted by Crippen LogP contribution is 2.36. The molecule has 2 aliphatic rings. The Kier molecular flexibility index (Phi) is 15.7. The van der Waals surface area contributed by atoms with Gasteiger partial charge in [-0.15, -0.1) is 22.7 Å². The fourth-order valence-electron chi connectivity index (χ4n) is 7.85. The zero-order valence-electron chi connectivity index (χ0n) is 37.0. The fourth-order valence-corrected chi connectivity index (χ4v) is 12.1. The van der Waals surface area contributed by atoms with Crippen LogP contribution in [0.25, 0.3) is 22.3 Å². The summed E-state index contributed by atoms with van der Waals surface area (Å²) in [6, 6.07) is 22.0. The van der Waals surface area contributed by atoms with E-state index in [1.165, 1.54) is 23.3 Å². The number of primary sulfonamides is 1. The third-order valence-corrected chi connectivity index (χ3v) is 16.5. The van der Waals surface area contributed by atoms with E-state index >= 15 is 0 Å². The highest BCUT2D eigenvalue weighted by atomic mass is 35.5. The SMILES string of the molecule is CC(C)(O)c1csc(S(=O)(=O)NC(=O)Cc2c(-c3ccnc(C#N)c3)ccc3c2CCC3)c1.CC(C)(O)c1csc(S(N)(=O)=O)c1.N#Cc1cc(-c2ccc3c(c2CC(=O)Cl)CCC3)ccn1. The molecular weight excluding hydrogens is 952 g/mol. The highest BCUT2D eigenvalue weighted by Gasteiger charge is 2.27. The van der Waals surface area contributed by atoms with Gasteiger partial charge in [-0.2, -0.15) is 10.5 Å². The first kappa shape index (κ1) is 50.7. The first-order chi connectivity index (χ1) is 31.5. The summed E-state index contributed by atoms with van der Waals surface area (Å²) in [7, 11) is -7.70. The molecule has 0 radical (unpaired) electrons. The number of fused-ring (bicyclic) bond motifs is 2. The van der Waals surface area contributed by atoms with Crippen LogP contribution in [-0.4, -0.2) is 48.2 Å². The number of halogens is 1. The van der Waals surface area contributed by atoms with Crippen LogP contribution in [0.15, 0.2) is 92.2 Å². The monoisotopic (exact) mass is 998 g/mol. The van der Waals surface area contributed by atoms with Gasteiger partial charge in [0.1, 0.15) is 31.9 Å². The number of carbonyl (C=O) groups is 2. The summed E-state index contributed by atoms with van der Waals surface area (Å²) in [6.07, 6.45) is 9.14. The Morgan fingerprint density at radius 1 is 0.716 bits per heavy atom. The Labute approximate surface area is 402 Å². The largest absolute Gasteiger partial charge is 0.386 e. The molecule has 19 heteroatoms. The van der Waals surface area contributed by atoms with Crippen LogP contribution in [0.3, 0.4) is 0 Å². The lowest BCUT2D eigenvalue weighted by atomic mass is 9.91. The molecule has 0 aliphatic heterocycles. The zero-order chi connectivity index (χ0) is 48.9. The molecule has 0 atom stereocenters. The first-order valence-corrected chi connectivity index (χ1v) is 26.0. The number of benzene rings is 2. The molecule has 0 unspecified atom stereocenters. The highest BCUT2D eigenvalue weighted by molar-refractivity contribution is 7.92. The predicted molar refractivity (Wildman–Crippen MR) is 257 cm³/mol. The molecule has 8 rings (SSSR count). The molecule has 0 saturated carbocycles. The molecule has 1 amide bonds. The van der Waals surface area contributed by atoms with E-state index in [9.17, 15) is 41.9 Å². The Morgan fingerprint density at radius 2 is 1.16 bits per heavy atom. The number of nitrogens with two attached hydrogens (primary N) is 1. The lowest BCUT2D eigenvalue weighted by Gasteiger charge is -2.15. The molecule has 2 aliphatic carbocycles. The van der Waals surface area contributed by atoms with E-state index in [1.54, 1.807) is 69.0 Å². The van der Waals surface area contributed by atoms with Gasteiger partial charge in [0, 0.05) is 18.8 Å². The van der Waals surface area contributed by atoms with Gasteiger partial charge in [0.2, 0.25) is 21.2 Å². The predicted octanol–water partition coefficient (Wildman–Crippen LogP) is 7.49. The van der Waals surface area contributed by atoms with Gasteiger partial charge in [-0.25, -0.2) is 36.7 Å². The summed E-state index contributed by atoms with van der Waals surface area (Å²) in [5.74, 6) is -0.635. The van der Waals surface area contributed by atoms with Gasteiger partial charge in [-0.3, -0.25) is 9.59 Å². The number of aryl methyl sites for hydroxylation is 2. The molecule has 0 spiro atoms. The number of thiophene rings is 2. The molecule has 4 aromatic heterocycles. The second-order valence-corrected chi connectivity index (χ2v) is 22.9. The number of carbonyl (C=O) groups excluding carboxylic acids is 2. The molecule has 67 heavy (non-hydrogen) atoms. The summed E-state index contributed by atoms with van der Waals surface area (Å²) >= 11 is 7.59. The minimum absolute atomic E-state index is 0.0284. The van der Waals surface area contributed by atoms with E-state index < -0.39 is 37.2 Å². The molecule has 0 fully saturated rings. The third kappa shape index (κ3) is 12.7. The molecule has 4 heterocycles. The number of hydrogen-bond acceptors (Lipinski definition) is 14. The minimum Gasteiger partial charge on any atom is -0.386 e. The van der Waals surface area contributed by atoms with Crippen LogP contribution in [0.2, 0.25) is 0 Å². The van der Waals surface area contributed by atoms with Gasteiger partial charge in [-0.1, -0.05) is 24.3 Å². The lowest BCUT2D eigenvalue weighted by Crippen LogP contribution is -2.31. The summed E-state index contributed by atoms with van der Waals surface area (Å²) in [6.45, 7) is 6.31. The maximum absolute atomic E-state index is 12.9. The standard InChI is InChI=1S/C24H23N3O4S2.C17H13ClN2O.C7H11NO3S2/c1-24(2,29)17-11-23(32-14-17)33(30,31)27-22(28)12-21-19-5-3-4-15(19)6-7-20(21)16-8-9-26-18(10-16)13-25;18-17(21)9-16-14-3-1-2-11(14)4-5-15(16)12-6-7-20-13(8-12)10-19;1-7(2,9)5-3-6(12-4-5)13(8,10)11/h6-11,14,29H,3-5,12H2,1-2H3,(H,27,28);4-8H,1-3,9H2;3-4,9H,1-2H3,(H2,8,10,11). The smallest absolute Gasteiger partial charge is 0.273 e. The van der Waals surface area contributed by atoms with E-state index in [4.69, 9.17) is 22.0 Å². The van der Waals surface area contributed by atoms with Crippen LogP contribution < -0.4 is 9.86 Å². The number of nitrogens with one attached hydrogen (secondary N) is 1. The van der Waals surface area contributed by atoms with Crippen LogP contribution in [0.4, 0.5) is 0 Å². The minimum atomic E-state index is -4.07. The summed E-state index contributed by atoms with van der Waals surface area (Å²) < 4.78 is 49.6. The topological polar surface area (TPSA) is 254 Å². The van der Waals surface area contributed by atoms with E-state index in [0.29, 0.717) is 16.8 Å². The molecule has 6 aromatic rings. The van der Waals surface area contributed by atoms with E-state index in [0.717, 1.165) is 106 Å². The molecule has 5 N–H and O–H groups in total. The summed E-state index contributed by atoms with van der Waals surface area (Å²) in [5, 5.41) is 45.6. The molecule has 348 valence electrons. The number of nitrogens with zero attached hydrogens (tertiary/aromatic N) is 4. The van der Waals surface area contributed by atoms with Gasteiger partial charge >= 0.3 is 0 Å². The summed E-state index contributed by atoms with van der Waals surface area (Å²) in [4.78, 5) is 32.3. The van der Waals surface area contributed by atoms with Gasteiger partial charge in [0.15, 0.2) is 0 Å². The Bertz CT molecular complexity index is 3170. The quantitative estimate of drug-likeness (QED) is 0.0922. The van der Waals surface area contributed by atoms with Crippen molar-refractivity contribution >= 4 is 65.5 Å². The van der Waals surface area contributed by atoms with Crippen molar-refractivity contribution < 1.29 is 36.6 Å². The number of amides is 1. The number of aliphatic hydroxyl groups is 2. The molecule has 2 aromatic carbocycles. The van der Waals surface area contributed by atoms with Crippen LogP contribution in [-0.2, 0) is 79.4 Å². The number of aromatic nitrogens is 2. The third-order valence-electron chi connectivity index (χ3n) is 11.2. The van der Waals surface area contributed by atoms with Gasteiger partial charge in [0.05, 0.1) is 17.6 Å². The van der Waals surface area contributed by atoms with Crippen molar-refractivity contribution in [1.29, 1.82) is 10.5 Å². The second kappa shape index (κ2) is 20.7. The Hall–Kier alpha value is -5.67. The summed E-state index contributed by atoms with van der Waals surface area (Å²) in [5.41, 5.74) is 9.45. The Morgan fingerprint density at radius 3 is 1.57 bits per heavy atom. The number of pyridine rings is 2. The van der Waals surface area contributed by atoms with Crippen molar-refractivity contribution in [2.75, 3.05) is 0 Å². The van der Waals surface area contributed by atoms with Crippen LogP contribution in [0, 0.1) is 22.7 Å². The zero-order valence-corrected chi connectivity index (χ0v) is 41.0. The van der Waals surface area contributed by atoms with E-state index in [-0.39, 0.29) is 32.2 Å². The number of nitriles is 2. The van der Waals surface area contributed by atoms with E-state index in [1.807, 2.05) is 36.4 Å². The number of rotatable bonds is 11. The molecule has 14 nitrogen and oxygen atoms in total. The fraction of sp³-hybridized carbons (Fsp3) is 0.292. The van der Waals surface area contributed by atoms with Crippen LogP contribution in [0.1, 0.15) is 96.4 Å². The van der Waals surface area contributed by atoms with Crippen molar-refractivity contribution in [1.82, 2.24) is 14.7 Å². The van der Waals surface area contributed by atoms with Crippen LogP contribution >= 0.6 is 34.3 Å². The van der Waals surface area contributed by atoms with Crippen molar-refractivity contribution in [2.45, 2.75) is 98.7 Å². The second-order valence-electron chi connectivity index (χ2n) is 17.0. The molecule has 0 bridgehead atoms. The van der Waals surface area contributed by atoms with E-state index in [2.05, 4.69) is 20.8 Å².